The van der Waals surface area contributed by atoms with Crippen molar-refractivity contribution >= 4 is 6.09 Å². The Balaban J connectivity index is 2.34. The fourth-order valence-electron chi connectivity index (χ4n) is 2.55. The van der Waals surface area contributed by atoms with Crippen molar-refractivity contribution in [3.8, 4) is 5.75 Å². The van der Waals surface area contributed by atoms with Gasteiger partial charge in [0, 0.05) is 23.7 Å². The Morgan fingerprint density at radius 1 is 1.41 bits per heavy atom. The van der Waals surface area contributed by atoms with E-state index in [9.17, 15) is 9.18 Å². The van der Waals surface area contributed by atoms with Crippen LogP contribution in [-0.4, -0.2) is 30.2 Å². The number of halogens is 1. The standard InChI is InChI=1S/C16H23FN2O3/c1-16(2,3)22-15(20)19-8-7-12(18)14-10(9-19)11(17)5-6-13(14)21-4/h5-6,12H,7-9,18H2,1-4H3. The zero-order chi connectivity index (χ0) is 16.5. The molecule has 2 rings (SSSR count). The van der Waals surface area contributed by atoms with Crippen LogP contribution in [-0.2, 0) is 11.3 Å². The van der Waals surface area contributed by atoms with Gasteiger partial charge in [-0.1, -0.05) is 0 Å². The van der Waals surface area contributed by atoms with Crippen molar-refractivity contribution in [3.05, 3.63) is 29.1 Å². The molecule has 1 aliphatic heterocycles. The van der Waals surface area contributed by atoms with Gasteiger partial charge in [0.1, 0.15) is 17.2 Å². The molecule has 1 aromatic rings. The summed E-state index contributed by atoms with van der Waals surface area (Å²) in [4.78, 5) is 13.7. The van der Waals surface area contributed by atoms with Gasteiger partial charge in [-0.05, 0) is 39.3 Å². The SMILES string of the molecule is COc1ccc(F)c2c1C(N)CCN(C(=O)OC(C)(C)C)C2. The maximum absolute atomic E-state index is 14.2. The third-order valence-electron chi connectivity index (χ3n) is 3.56. The second-order valence-electron chi connectivity index (χ2n) is 6.44. The van der Waals surface area contributed by atoms with Crippen molar-refractivity contribution in [2.24, 2.45) is 5.73 Å². The van der Waals surface area contributed by atoms with Crippen molar-refractivity contribution in [1.82, 2.24) is 4.90 Å². The smallest absolute Gasteiger partial charge is 0.410 e. The highest BCUT2D eigenvalue weighted by molar-refractivity contribution is 5.68. The van der Waals surface area contributed by atoms with E-state index in [0.717, 1.165) is 0 Å². The number of methoxy groups -OCH3 is 1. The summed E-state index contributed by atoms with van der Waals surface area (Å²) in [6.45, 7) is 5.93. The van der Waals surface area contributed by atoms with Crippen molar-refractivity contribution in [3.63, 3.8) is 0 Å². The van der Waals surface area contributed by atoms with Gasteiger partial charge in [-0.3, -0.25) is 0 Å². The van der Waals surface area contributed by atoms with Crippen molar-refractivity contribution < 1.29 is 18.7 Å². The molecule has 1 amide bonds. The maximum atomic E-state index is 14.2. The second-order valence-corrected chi connectivity index (χ2v) is 6.44. The fourth-order valence-corrected chi connectivity index (χ4v) is 2.55. The first kappa shape index (κ1) is 16.5. The Labute approximate surface area is 130 Å². The minimum atomic E-state index is -0.596. The quantitative estimate of drug-likeness (QED) is 0.866. The van der Waals surface area contributed by atoms with Gasteiger partial charge in [0.2, 0.25) is 0 Å². The summed E-state index contributed by atoms with van der Waals surface area (Å²) < 4.78 is 24.9. The molecule has 1 unspecified atom stereocenters. The van der Waals surface area contributed by atoms with E-state index in [1.165, 1.54) is 18.1 Å². The molecule has 0 spiro atoms. The van der Waals surface area contributed by atoms with Crippen LogP contribution in [0, 0.1) is 5.82 Å². The molecule has 1 heterocycles. The molecule has 22 heavy (non-hydrogen) atoms. The van der Waals surface area contributed by atoms with E-state index in [1.807, 2.05) is 0 Å². The van der Waals surface area contributed by atoms with Gasteiger partial charge in [-0.2, -0.15) is 0 Å². The normalized spacial score (nSPS) is 18.5. The van der Waals surface area contributed by atoms with Gasteiger partial charge in [0.25, 0.3) is 0 Å². The van der Waals surface area contributed by atoms with Gasteiger partial charge in [-0.25, -0.2) is 9.18 Å². The van der Waals surface area contributed by atoms with Crippen LogP contribution in [0.1, 0.15) is 44.4 Å². The molecule has 0 fully saturated rings. The number of amides is 1. The number of hydrogen-bond donors (Lipinski definition) is 1. The summed E-state index contributed by atoms with van der Waals surface area (Å²) in [6.07, 6.45) is 0.0567. The molecule has 1 aliphatic rings. The lowest BCUT2D eigenvalue weighted by molar-refractivity contribution is 0.0233. The Morgan fingerprint density at radius 3 is 2.68 bits per heavy atom. The van der Waals surface area contributed by atoms with Crippen molar-refractivity contribution in [2.75, 3.05) is 13.7 Å². The molecule has 2 N–H and O–H groups in total. The van der Waals surface area contributed by atoms with Gasteiger partial charge < -0.3 is 20.1 Å². The van der Waals surface area contributed by atoms with Crippen LogP contribution in [0.4, 0.5) is 9.18 Å². The molecular formula is C16H23FN2O3. The topological polar surface area (TPSA) is 64.8 Å². The summed E-state index contributed by atoms with van der Waals surface area (Å²) in [7, 11) is 1.52. The number of rotatable bonds is 1. The average Bonchev–Trinajstić information content (AvgIpc) is 2.58. The Morgan fingerprint density at radius 2 is 2.09 bits per heavy atom. The summed E-state index contributed by atoms with van der Waals surface area (Å²) in [5, 5.41) is 0. The minimum absolute atomic E-state index is 0.126. The Bertz CT molecular complexity index is 569. The lowest BCUT2D eigenvalue weighted by atomic mass is 9.98. The number of benzene rings is 1. The van der Waals surface area contributed by atoms with Crippen molar-refractivity contribution in [2.45, 2.75) is 45.4 Å². The van der Waals surface area contributed by atoms with Crippen LogP contribution >= 0.6 is 0 Å². The number of nitrogens with zero attached hydrogens (tertiary/aromatic N) is 1. The molecule has 1 aromatic carbocycles. The molecule has 0 saturated carbocycles. The molecule has 0 aromatic heterocycles. The van der Waals surface area contributed by atoms with E-state index in [0.29, 0.717) is 29.8 Å². The van der Waals surface area contributed by atoms with Crippen LogP contribution in [0.5, 0.6) is 5.75 Å². The van der Waals surface area contributed by atoms with Crippen molar-refractivity contribution in [1.29, 1.82) is 0 Å². The molecule has 0 bridgehead atoms. The molecule has 0 saturated heterocycles. The van der Waals surface area contributed by atoms with Crippen LogP contribution in [0.15, 0.2) is 12.1 Å². The maximum Gasteiger partial charge on any atom is 0.410 e. The van der Waals surface area contributed by atoms with E-state index in [1.54, 1.807) is 26.8 Å². The van der Waals surface area contributed by atoms with E-state index in [4.69, 9.17) is 15.2 Å². The van der Waals surface area contributed by atoms with E-state index >= 15 is 0 Å². The number of ether oxygens (including phenoxy) is 2. The third kappa shape index (κ3) is 3.50. The predicted octanol–water partition coefficient (Wildman–Crippen LogP) is 2.97. The van der Waals surface area contributed by atoms with Gasteiger partial charge >= 0.3 is 6.09 Å². The molecule has 5 nitrogen and oxygen atoms in total. The third-order valence-corrected chi connectivity index (χ3v) is 3.56. The highest BCUT2D eigenvalue weighted by Gasteiger charge is 2.30. The van der Waals surface area contributed by atoms with Gasteiger partial charge in [-0.15, -0.1) is 0 Å². The zero-order valence-corrected chi connectivity index (χ0v) is 13.5. The molecular weight excluding hydrogens is 287 g/mol. The highest BCUT2D eigenvalue weighted by Crippen LogP contribution is 2.34. The molecule has 122 valence electrons. The summed E-state index contributed by atoms with van der Waals surface area (Å²) in [5.41, 5.74) is 6.59. The van der Waals surface area contributed by atoms with E-state index in [-0.39, 0.29) is 18.4 Å². The first-order chi connectivity index (χ1) is 10.2. The summed E-state index contributed by atoms with van der Waals surface area (Å²) >= 11 is 0. The van der Waals surface area contributed by atoms with E-state index < -0.39 is 11.7 Å². The largest absolute Gasteiger partial charge is 0.496 e. The highest BCUT2D eigenvalue weighted by atomic mass is 19.1. The molecule has 1 atom stereocenters. The van der Waals surface area contributed by atoms with Crippen LogP contribution in [0.3, 0.4) is 0 Å². The number of fused-ring (bicyclic) bond motifs is 1. The summed E-state index contributed by atoms with van der Waals surface area (Å²) in [5.74, 6) is 0.164. The lowest BCUT2D eigenvalue weighted by Gasteiger charge is -2.26. The predicted molar refractivity (Wildman–Crippen MR) is 81.1 cm³/mol. The number of nitrogens with two attached hydrogens (primary N) is 1. The number of carbonyl (C=O) groups is 1. The fraction of sp³-hybridized carbons (Fsp3) is 0.562. The monoisotopic (exact) mass is 310 g/mol. The molecule has 0 aliphatic carbocycles. The van der Waals surface area contributed by atoms with Gasteiger partial charge in [0.05, 0.1) is 13.7 Å². The van der Waals surface area contributed by atoms with Gasteiger partial charge in [0.15, 0.2) is 0 Å². The lowest BCUT2D eigenvalue weighted by Crippen LogP contribution is -2.36. The van der Waals surface area contributed by atoms with Crippen LogP contribution < -0.4 is 10.5 Å². The molecule has 6 heteroatoms. The van der Waals surface area contributed by atoms with Crippen LogP contribution in [0.2, 0.25) is 0 Å². The molecule has 0 radical (unpaired) electrons. The number of carbonyl (C=O) groups excluding carboxylic acids is 1. The average molecular weight is 310 g/mol. The minimum Gasteiger partial charge on any atom is -0.496 e. The first-order valence-corrected chi connectivity index (χ1v) is 7.31. The Kier molecular flexibility index (Phi) is 4.60. The summed E-state index contributed by atoms with van der Waals surface area (Å²) in [6, 6.07) is 2.52. The van der Waals surface area contributed by atoms with Crippen LogP contribution in [0.25, 0.3) is 0 Å². The second kappa shape index (κ2) is 6.12. The Hall–Kier alpha value is -1.82. The van der Waals surface area contributed by atoms with E-state index in [2.05, 4.69) is 0 Å². The number of hydrogen-bond acceptors (Lipinski definition) is 4. The first-order valence-electron chi connectivity index (χ1n) is 7.31. The zero-order valence-electron chi connectivity index (χ0n) is 13.5.